The van der Waals surface area contributed by atoms with E-state index in [0.29, 0.717) is 0 Å². The number of benzene rings is 1. The van der Waals surface area contributed by atoms with E-state index >= 15 is 0 Å². The van der Waals surface area contributed by atoms with Crippen LogP contribution in [0.5, 0.6) is 5.75 Å². The molecule has 0 aromatic heterocycles. The molecule has 0 aliphatic rings. The van der Waals surface area contributed by atoms with Crippen LogP contribution < -0.4 is 4.74 Å². The third-order valence-electron chi connectivity index (χ3n) is 2.40. The van der Waals surface area contributed by atoms with Crippen molar-refractivity contribution in [3.8, 4) is 5.75 Å². The molecule has 0 spiro atoms. The average molecular weight is 236 g/mol. The highest BCUT2D eigenvalue weighted by Gasteiger charge is 2.13. The Morgan fingerprint density at radius 2 is 1.94 bits per heavy atom. The van der Waals surface area contributed by atoms with Crippen molar-refractivity contribution in [2.75, 3.05) is 7.11 Å². The molecule has 1 rings (SSSR count). The third-order valence-corrected chi connectivity index (χ3v) is 2.40. The molecule has 0 radical (unpaired) electrons. The van der Waals surface area contributed by atoms with Gasteiger partial charge in [0.2, 0.25) is 0 Å². The van der Waals surface area contributed by atoms with Crippen LogP contribution in [0, 0.1) is 13.8 Å². The number of carbonyl (C=O) groups is 1. The summed E-state index contributed by atoms with van der Waals surface area (Å²) in [4.78, 5) is 11.6. The molecule has 94 valence electrons. The van der Waals surface area contributed by atoms with Crippen molar-refractivity contribution in [3.63, 3.8) is 0 Å². The number of ether oxygens (including phenoxy) is 2. The molecule has 0 atom stereocenters. The van der Waals surface area contributed by atoms with Crippen LogP contribution in [0.4, 0.5) is 0 Å². The molecule has 1 aromatic rings. The summed E-state index contributed by atoms with van der Waals surface area (Å²) >= 11 is 0. The first-order valence-electron chi connectivity index (χ1n) is 5.77. The Kier molecular flexibility index (Phi) is 4.55. The van der Waals surface area contributed by atoms with Gasteiger partial charge in [-0.1, -0.05) is 17.7 Å². The van der Waals surface area contributed by atoms with Gasteiger partial charge in [-0.05, 0) is 33.3 Å². The molecule has 3 nitrogen and oxygen atoms in total. The van der Waals surface area contributed by atoms with Gasteiger partial charge in [0, 0.05) is 5.56 Å². The number of hydrogen-bond acceptors (Lipinski definition) is 3. The third kappa shape index (κ3) is 3.77. The zero-order valence-electron chi connectivity index (χ0n) is 11.2. The van der Waals surface area contributed by atoms with E-state index in [-0.39, 0.29) is 18.5 Å². The average Bonchev–Trinajstić information content (AvgIpc) is 2.15. The Balaban J connectivity index is 2.93. The van der Waals surface area contributed by atoms with Gasteiger partial charge in [0.25, 0.3) is 0 Å². The standard InChI is InChI=1S/C14H20O3/c1-9(2)17-13(15)8-12-7-10(3)6-11(4)14(12)16-5/h6-7,9H,8H2,1-5H3. The highest BCUT2D eigenvalue weighted by molar-refractivity contribution is 5.74. The second-order valence-corrected chi connectivity index (χ2v) is 4.49. The molecule has 3 heteroatoms. The molecule has 0 fully saturated rings. The molecule has 0 saturated heterocycles. The maximum atomic E-state index is 11.6. The fourth-order valence-electron chi connectivity index (χ4n) is 1.93. The zero-order valence-corrected chi connectivity index (χ0v) is 11.2. The monoisotopic (exact) mass is 236 g/mol. The van der Waals surface area contributed by atoms with Crippen LogP contribution in [0.2, 0.25) is 0 Å². The number of methoxy groups -OCH3 is 1. The lowest BCUT2D eigenvalue weighted by molar-refractivity contribution is -0.146. The normalized spacial score (nSPS) is 10.5. The molecular formula is C14H20O3. The topological polar surface area (TPSA) is 35.5 Å². The van der Waals surface area contributed by atoms with E-state index < -0.39 is 0 Å². The summed E-state index contributed by atoms with van der Waals surface area (Å²) in [5.41, 5.74) is 3.05. The number of esters is 1. The molecule has 0 aliphatic heterocycles. The molecule has 0 aliphatic carbocycles. The van der Waals surface area contributed by atoms with Gasteiger partial charge in [0.05, 0.1) is 19.6 Å². The smallest absolute Gasteiger partial charge is 0.310 e. The maximum absolute atomic E-state index is 11.6. The molecule has 0 amide bonds. The Morgan fingerprint density at radius 1 is 1.29 bits per heavy atom. The van der Waals surface area contributed by atoms with Crippen molar-refractivity contribution in [1.82, 2.24) is 0 Å². The highest BCUT2D eigenvalue weighted by Crippen LogP contribution is 2.25. The number of carbonyl (C=O) groups excluding carboxylic acids is 1. The molecule has 1 aromatic carbocycles. The van der Waals surface area contributed by atoms with Crippen molar-refractivity contribution in [1.29, 1.82) is 0 Å². The van der Waals surface area contributed by atoms with Crippen molar-refractivity contribution < 1.29 is 14.3 Å². The Bertz CT molecular complexity index is 408. The number of hydrogen-bond donors (Lipinski definition) is 0. The first-order chi connectivity index (χ1) is 7.93. The van der Waals surface area contributed by atoms with Gasteiger partial charge in [-0.3, -0.25) is 4.79 Å². The van der Waals surface area contributed by atoms with Gasteiger partial charge in [0.1, 0.15) is 5.75 Å². The number of aryl methyl sites for hydroxylation is 2. The first kappa shape index (κ1) is 13.6. The van der Waals surface area contributed by atoms with Gasteiger partial charge in [-0.2, -0.15) is 0 Å². The summed E-state index contributed by atoms with van der Waals surface area (Å²) in [6, 6.07) is 4.00. The number of rotatable bonds is 4. The van der Waals surface area contributed by atoms with E-state index in [2.05, 4.69) is 0 Å². The Morgan fingerprint density at radius 3 is 2.47 bits per heavy atom. The molecule has 0 bridgehead atoms. The van der Waals surface area contributed by atoms with Crippen LogP contribution >= 0.6 is 0 Å². The van der Waals surface area contributed by atoms with Gasteiger partial charge in [-0.25, -0.2) is 0 Å². The first-order valence-corrected chi connectivity index (χ1v) is 5.77. The van der Waals surface area contributed by atoms with Crippen LogP contribution in [-0.2, 0) is 16.0 Å². The SMILES string of the molecule is COc1c(C)cc(C)cc1CC(=O)OC(C)C. The minimum absolute atomic E-state index is 0.0839. The molecular weight excluding hydrogens is 216 g/mol. The van der Waals surface area contributed by atoms with Crippen molar-refractivity contribution in [2.45, 2.75) is 40.2 Å². The summed E-state index contributed by atoms with van der Waals surface area (Å²) < 4.78 is 10.5. The van der Waals surface area contributed by atoms with Crippen LogP contribution in [0.1, 0.15) is 30.5 Å². The van der Waals surface area contributed by atoms with Crippen LogP contribution in [0.15, 0.2) is 12.1 Å². The van der Waals surface area contributed by atoms with Crippen LogP contribution in [-0.4, -0.2) is 19.2 Å². The van der Waals surface area contributed by atoms with Gasteiger partial charge >= 0.3 is 5.97 Å². The van der Waals surface area contributed by atoms with E-state index in [9.17, 15) is 4.79 Å². The summed E-state index contributed by atoms with van der Waals surface area (Å²) in [6.07, 6.45) is 0.170. The molecule has 0 heterocycles. The van der Waals surface area contributed by atoms with Crippen molar-refractivity contribution in [2.24, 2.45) is 0 Å². The molecule has 17 heavy (non-hydrogen) atoms. The quantitative estimate of drug-likeness (QED) is 0.754. The van der Waals surface area contributed by atoms with Crippen LogP contribution in [0.3, 0.4) is 0 Å². The highest BCUT2D eigenvalue weighted by atomic mass is 16.5. The van der Waals surface area contributed by atoms with Gasteiger partial charge < -0.3 is 9.47 Å². The van der Waals surface area contributed by atoms with E-state index in [0.717, 1.165) is 22.4 Å². The summed E-state index contributed by atoms with van der Waals surface area (Å²) in [6.45, 7) is 7.67. The van der Waals surface area contributed by atoms with E-state index in [4.69, 9.17) is 9.47 Å². The minimum Gasteiger partial charge on any atom is -0.496 e. The molecule has 0 unspecified atom stereocenters. The fourth-order valence-corrected chi connectivity index (χ4v) is 1.93. The van der Waals surface area contributed by atoms with E-state index in [1.54, 1.807) is 7.11 Å². The van der Waals surface area contributed by atoms with E-state index in [1.165, 1.54) is 0 Å². The van der Waals surface area contributed by atoms with Gasteiger partial charge in [0.15, 0.2) is 0 Å². The largest absolute Gasteiger partial charge is 0.496 e. The lowest BCUT2D eigenvalue weighted by Gasteiger charge is -2.13. The van der Waals surface area contributed by atoms with Crippen molar-refractivity contribution in [3.05, 3.63) is 28.8 Å². The predicted octanol–water partition coefficient (Wildman–Crippen LogP) is 2.81. The molecule has 0 saturated carbocycles. The second kappa shape index (κ2) is 5.71. The zero-order chi connectivity index (χ0) is 13.0. The van der Waals surface area contributed by atoms with Gasteiger partial charge in [-0.15, -0.1) is 0 Å². The minimum atomic E-state index is -0.219. The molecule has 0 N–H and O–H groups in total. The maximum Gasteiger partial charge on any atom is 0.310 e. The lowest BCUT2D eigenvalue weighted by Crippen LogP contribution is -2.14. The fraction of sp³-hybridized carbons (Fsp3) is 0.500. The van der Waals surface area contributed by atoms with Crippen LogP contribution in [0.25, 0.3) is 0 Å². The lowest BCUT2D eigenvalue weighted by atomic mass is 10.0. The second-order valence-electron chi connectivity index (χ2n) is 4.49. The van der Waals surface area contributed by atoms with Crippen molar-refractivity contribution >= 4 is 5.97 Å². The Labute approximate surface area is 103 Å². The Hall–Kier alpha value is -1.51. The summed E-state index contributed by atoms with van der Waals surface area (Å²) in [5, 5.41) is 0. The van der Waals surface area contributed by atoms with E-state index in [1.807, 2.05) is 39.8 Å². The summed E-state index contributed by atoms with van der Waals surface area (Å²) in [5.74, 6) is 0.555. The summed E-state index contributed by atoms with van der Waals surface area (Å²) in [7, 11) is 1.62. The predicted molar refractivity (Wildman–Crippen MR) is 67.4 cm³/mol.